The maximum absolute atomic E-state index is 4.60. The van der Waals surface area contributed by atoms with Gasteiger partial charge < -0.3 is 0 Å². The van der Waals surface area contributed by atoms with Crippen LogP contribution in [0.25, 0.3) is 39.6 Å². The molecule has 0 heterocycles. The molecule has 0 bridgehead atoms. The molecule has 278 valence electrons. The standard InChI is InChI=1S/C24H30.C16H16.C3H4.4C2H6/c1-6-20(7-2)9-8-19(5)22-12-16-24(17-13-22)23-14-10-21(11-15-23)18(3)4;1-4-8-15-13(5-2)11-12(3)14-9-6-7-10-16(14)15;1-3-2;4*1-2/h6,8,10-18H,7,9H2,1-5H3;4-11H,2H2,1,3H3;1H,2H3;4*1-2H3/b19-8+,20-6+;8-4-;;;;;. The van der Waals surface area contributed by atoms with Gasteiger partial charge in [-0.2, -0.15) is 0 Å². The summed E-state index contributed by atoms with van der Waals surface area (Å²) in [6, 6.07) is 28.6. The van der Waals surface area contributed by atoms with E-state index < -0.39 is 0 Å². The molecule has 0 fully saturated rings. The van der Waals surface area contributed by atoms with Crippen molar-refractivity contribution < 1.29 is 0 Å². The Balaban J connectivity index is -0.000000737. The molecule has 4 aromatic carbocycles. The molecular weight excluding hydrogens is 613 g/mol. The minimum atomic E-state index is 0.583. The van der Waals surface area contributed by atoms with E-state index in [2.05, 4.69) is 164 Å². The Bertz CT molecular complexity index is 1580. The Hall–Kier alpha value is -4.34. The van der Waals surface area contributed by atoms with Crippen molar-refractivity contribution in [3.63, 3.8) is 0 Å². The molecule has 0 N–H and O–H groups in total. The normalized spacial score (nSPS) is 10.1. The second-order valence-corrected chi connectivity index (χ2v) is 11.0. The first kappa shape index (κ1) is 51.0. The number of fused-ring (bicyclic) bond motifs is 1. The molecule has 0 aliphatic heterocycles. The van der Waals surface area contributed by atoms with E-state index in [0.717, 1.165) is 12.8 Å². The summed E-state index contributed by atoms with van der Waals surface area (Å²) in [5.74, 6) is 2.83. The van der Waals surface area contributed by atoms with Gasteiger partial charge in [-0.05, 0) is 109 Å². The summed E-state index contributed by atoms with van der Waals surface area (Å²) in [4.78, 5) is 0. The van der Waals surface area contributed by atoms with E-state index in [-0.39, 0.29) is 0 Å². The molecule has 0 saturated heterocycles. The Kier molecular flexibility index (Phi) is 32.9. The van der Waals surface area contributed by atoms with Crippen LogP contribution in [0.4, 0.5) is 0 Å². The van der Waals surface area contributed by atoms with Crippen molar-refractivity contribution in [2.45, 2.75) is 130 Å². The summed E-state index contributed by atoms with van der Waals surface area (Å²) in [7, 11) is 0. The van der Waals surface area contributed by atoms with Crippen molar-refractivity contribution in [1.29, 1.82) is 0 Å². The van der Waals surface area contributed by atoms with E-state index in [0.29, 0.717) is 5.92 Å². The van der Waals surface area contributed by atoms with Gasteiger partial charge in [0.05, 0.1) is 0 Å². The van der Waals surface area contributed by atoms with Gasteiger partial charge in [0.2, 0.25) is 0 Å². The fourth-order valence-corrected chi connectivity index (χ4v) is 4.98. The minimum absolute atomic E-state index is 0.583. The zero-order valence-corrected chi connectivity index (χ0v) is 35.7. The maximum Gasteiger partial charge on any atom is -0.00297 e. The van der Waals surface area contributed by atoms with Crippen molar-refractivity contribution in [1.82, 2.24) is 0 Å². The smallest absolute Gasteiger partial charge is 0.00297 e. The summed E-state index contributed by atoms with van der Waals surface area (Å²) in [6.07, 6.45) is 17.5. The quantitative estimate of drug-likeness (QED) is 0.128. The van der Waals surface area contributed by atoms with Crippen LogP contribution >= 0.6 is 0 Å². The highest BCUT2D eigenvalue weighted by Crippen LogP contribution is 2.28. The summed E-state index contributed by atoms with van der Waals surface area (Å²) < 4.78 is 0. The van der Waals surface area contributed by atoms with Crippen LogP contribution in [0.2, 0.25) is 0 Å². The van der Waals surface area contributed by atoms with E-state index >= 15 is 0 Å². The molecular formula is C51H74. The fraction of sp³-hybridized carbons (Fsp3) is 0.373. The van der Waals surface area contributed by atoms with E-state index in [9.17, 15) is 0 Å². The summed E-state index contributed by atoms with van der Waals surface area (Å²) in [5.41, 5.74) is 11.9. The molecule has 0 aliphatic rings. The second-order valence-electron chi connectivity index (χ2n) is 11.0. The third kappa shape index (κ3) is 18.5. The highest BCUT2D eigenvalue weighted by molar-refractivity contribution is 5.96. The van der Waals surface area contributed by atoms with Crippen molar-refractivity contribution in [2.75, 3.05) is 0 Å². The molecule has 0 spiro atoms. The average molecular weight is 687 g/mol. The predicted molar refractivity (Wildman–Crippen MR) is 242 cm³/mol. The fourth-order valence-electron chi connectivity index (χ4n) is 4.98. The van der Waals surface area contributed by atoms with Gasteiger partial charge in [0.25, 0.3) is 0 Å². The van der Waals surface area contributed by atoms with Crippen LogP contribution in [0, 0.1) is 19.3 Å². The minimum Gasteiger partial charge on any atom is -0.120 e. The highest BCUT2D eigenvalue weighted by atomic mass is 14.1. The summed E-state index contributed by atoms with van der Waals surface area (Å²) in [6.45, 7) is 36.7. The van der Waals surface area contributed by atoms with Crippen LogP contribution in [0.3, 0.4) is 0 Å². The van der Waals surface area contributed by atoms with Crippen LogP contribution in [-0.4, -0.2) is 0 Å². The van der Waals surface area contributed by atoms with Gasteiger partial charge >= 0.3 is 0 Å². The van der Waals surface area contributed by atoms with Gasteiger partial charge in [0.1, 0.15) is 0 Å². The lowest BCUT2D eigenvalue weighted by atomic mass is 9.95. The molecule has 0 heteroatoms. The predicted octanol–water partition coefficient (Wildman–Crippen LogP) is 17.2. The molecule has 51 heavy (non-hydrogen) atoms. The highest BCUT2D eigenvalue weighted by Gasteiger charge is 2.05. The third-order valence-electron chi connectivity index (χ3n) is 7.66. The van der Waals surface area contributed by atoms with Gasteiger partial charge in [0.15, 0.2) is 0 Å². The molecule has 0 saturated carbocycles. The van der Waals surface area contributed by atoms with Gasteiger partial charge in [-0.1, -0.05) is 198 Å². The number of aryl methyl sites for hydroxylation is 1. The number of rotatable bonds is 8. The topological polar surface area (TPSA) is 0 Å². The van der Waals surface area contributed by atoms with Crippen molar-refractivity contribution in [3.8, 4) is 23.5 Å². The first-order valence-electron chi connectivity index (χ1n) is 19.4. The number of hydrogen-bond acceptors (Lipinski definition) is 0. The lowest BCUT2D eigenvalue weighted by Gasteiger charge is -2.09. The Morgan fingerprint density at radius 2 is 1.25 bits per heavy atom. The lowest BCUT2D eigenvalue weighted by molar-refractivity contribution is 0.867. The van der Waals surface area contributed by atoms with Crippen LogP contribution in [0.1, 0.15) is 150 Å². The van der Waals surface area contributed by atoms with Crippen LogP contribution in [-0.2, 0) is 0 Å². The second kappa shape index (κ2) is 32.8. The van der Waals surface area contributed by atoms with Gasteiger partial charge in [-0.3, -0.25) is 0 Å². The molecule has 0 nitrogen and oxygen atoms in total. The van der Waals surface area contributed by atoms with Crippen LogP contribution in [0.5, 0.6) is 0 Å². The van der Waals surface area contributed by atoms with Gasteiger partial charge in [0, 0.05) is 0 Å². The Morgan fingerprint density at radius 1 is 0.784 bits per heavy atom. The van der Waals surface area contributed by atoms with E-state index in [1.807, 2.05) is 68.4 Å². The molecule has 0 radical (unpaired) electrons. The van der Waals surface area contributed by atoms with Crippen molar-refractivity contribution >= 4 is 28.5 Å². The third-order valence-corrected chi connectivity index (χ3v) is 7.66. The summed E-state index contributed by atoms with van der Waals surface area (Å²) >= 11 is 0. The van der Waals surface area contributed by atoms with Crippen molar-refractivity contribution in [2.24, 2.45) is 0 Å². The van der Waals surface area contributed by atoms with Gasteiger partial charge in [-0.15, -0.1) is 12.3 Å². The first-order chi connectivity index (χ1) is 24.7. The Morgan fingerprint density at radius 3 is 1.67 bits per heavy atom. The van der Waals surface area contributed by atoms with E-state index in [4.69, 9.17) is 0 Å². The molecule has 0 aliphatic carbocycles. The zero-order chi connectivity index (χ0) is 39.8. The molecule has 0 amide bonds. The number of hydrogen-bond donors (Lipinski definition) is 0. The summed E-state index contributed by atoms with van der Waals surface area (Å²) in [5, 5.41) is 2.62. The van der Waals surface area contributed by atoms with E-state index in [1.54, 1.807) is 6.92 Å². The van der Waals surface area contributed by atoms with Crippen molar-refractivity contribution in [3.05, 3.63) is 137 Å². The number of benzene rings is 4. The SMILES string of the molecule is C#CC.C/C=C(\CC)C/C=C(\C)c1ccc(-c2ccc(C(C)C)cc2)cc1.C=Cc1cc(C)c2ccccc2c1/C=C\C.CC.CC.CC.CC. The largest absolute Gasteiger partial charge is 0.120 e. The van der Waals surface area contributed by atoms with Crippen LogP contribution in [0.15, 0.2) is 109 Å². The average Bonchev–Trinajstić information content (AvgIpc) is 3.20. The number of allylic oxidation sites excluding steroid dienone is 5. The molecule has 0 unspecified atom stereocenters. The monoisotopic (exact) mass is 687 g/mol. The van der Waals surface area contributed by atoms with Crippen LogP contribution < -0.4 is 0 Å². The lowest BCUT2D eigenvalue weighted by Crippen LogP contribution is -1.87. The maximum atomic E-state index is 4.60. The first-order valence-corrected chi connectivity index (χ1v) is 19.4. The molecule has 0 atom stereocenters. The molecule has 4 rings (SSSR count). The number of terminal acetylenes is 1. The Labute approximate surface area is 317 Å². The zero-order valence-electron chi connectivity index (χ0n) is 35.7. The molecule has 0 aromatic heterocycles. The van der Waals surface area contributed by atoms with Gasteiger partial charge in [-0.25, -0.2) is 0 Å². The van der Waals surface area contributed by atoms with E-state index in [1.165, 1.54) is 60.9 Å². The molecule has 4 aromatic rings.